The van der Waals surface area contributed by atoms with Crippen molar-refractivity contribution in [3.05, 3.63) is 23.8 Å². The van der Waals surface area contributed by atoms with Crippen LogP contribution in [0.15, 0.2) is 18.2 Å². The van der Waals surface area contributed by atoms with Crippen LogP contribution in [-0.2, 0) is 16.1 Å². The molecule has 5 nitrogen and oxygen atoms in total. The molecule has 82 valence electrons. The van der Waals surface area contributed by atoms with Crippen LogP contribution in [-0.4, -0.2) is 17.6 Å². The number of anilines is 1. The van der Waals surface area contributed by atoms with E-state index in [9.17, 15) is 9.90 Å². The zero-order valence-electron chi connectivity index (χ0n) is 8.49. The normalized spacial score (nSPS) is 10.0. The van der Waals surface area contributed by atoms with Gasteiger partial charge in [-0.15, -0.1) is 0 Å². The van der Waals surface area contributed by atoms with Crippen molar-refractivity contribution in [1.29, 1.82) is 0 Å². The Labute approximate surface area is 87.8 Å². The van der Waals surface area contributed by atoms with E-state index < -0.39 is 0 Å². The third kappa shape index (κ3) is 3.23. The van der Waals surface area contributed by atoms with Crippen LogP contribution in [0.25, 0.3) is 0 Å². The lowest BCUT2D eigenvalue weighted by Crippen LogP contribution is -2.10. The molecule has 0 heterocycles. The summed E-state index contributed by atoms with van der Waals surface area (Å²) in [5.74, 6) is 4.73. The predicted molar refractivity (Wildman–Crippen MR) is 56.3 cm³/mol. The molecule has 0 radical (unpaired) electrons. The molecule has 0 aliphatic carbocycles. The van der Waals surface area contributed by atoms with Gasteiger partial charge in [-0.05, 0) is 18.1 Å². The van der Waals surface area contributed by atoms with E-state index in [0.29, 0.717) is 18.7 Å². The number of hydrogen-bond acceptors (Lipinski definition) is 4. The minimum absolute atomic E-state index is 0.0414. The monoisotopic (exact) mass is 210 g/mol. The van der Waals surface area contributed by atoms with Crippen LogP contribution in [0.4, 0.5) is 5.69 Å². The molecule has 15 heavy (non-hydrogen) atoms. The zero-order chi connectivity index (χ0) is 11.3. The first-order chi connectivity index (χ1) is 7.15. The van der Waals surface area contributed by atoms with Gasteiger partial charge in [0.25, 0.3) is 0 Å². The van der Waals surface area contributed by atoms with E-state index in [1.165, 1.54) is 13.0 Å². The maximum absolute atomic E-state index is 10.9. The number of phenols is 1. The van der Waals surface area contributed by atoms with E-state index >= 15 is 0 Å². The fourth-order valence-corrected chi connectivity index (χ4v) is 1.28. The van der Waals surface area contributed by atoms with Gasteiger partial charge in [0.1, 0.15) is 5.75 Å². The Morgan fingerprint density at radius 2 is 2.33 bits per heavy atom. The van der Waals surface area contributed by atoms with E-state index in [0.717, 1.165) is 5.56 Å². The van der Waals surface area contributed by atoms with Gasteiger partial charge in [-0.25, -0.2) is 5.90 Å². The van der Waals surface area contributed by atoms with Gasteiger partial charge in [-0.2, -0.15) is 0 Å². The number of para-hydroxylation sites is 1. The van der Waals surface area contributed by atoms with Crippen molar-refractivity contribution in [3.63, 3.8) is 0 Å². The second kappa shape index (κ2) is 5.33. The number of amides is 1. The molecule has 1 aromatic rings. The van der Waals surface area contributed by atoms with Gasteiger partial charge in [-0.1, -0.05) is 12.1 Å². The number of carbonyl (C=O) groups is 1. The van der Waals surface area contributed by atoms with E-state index in [-0.39, 0.29) is 11.7 Å². The molecule has 0 aliphatic rings. The summed E-state index contributed by atoms with van der Waals surface area (Å²) in [4.78, 5) is 15.4. The number of nitrogens with two attached hydrogens (primary N) is 1. The number of benzene rings is 1. The number of nitrogens with one attached hydrogen (secondary N) is 1. The van der Waals surface area contributed by atoms with Gasteiger partial charge < -0.3 is 15.3 Å². The Balaban J connectivity index is 2.92. The van der Waals surface area contributed by atoms with Gasteiger partial charge in [0.2, 0.25) is 5.91 Å². The molecule has 0 saturated heterocycles. The number of phenolic OH excluding ortho intramolecular Hbond substituents is 1. The Bertz CT molecular complexity index is 353. The summed E-state index contributed by atoms with van der Waals surface area (Å²) in [6, 6.07) is 5.01. The van der Waals surface area contributed by atoms with Crippen molar-refractivity contribution in [3.8, 4) is 5.75 Å². The smallest absolute Gasteiger partial charge is 0.221 e. The fourth-order valence-electron chi connectivity index (χ4n) is 1.28. The highest BCUT2D eigenvalue weighted by atomic mass is 16.6. The van der Waals surface area contributed by atoms with Crippen LogP contribution in [0, 0.1) is 0 Å². The van der Waals surface area contributed by atoms with E-state index in [1.807, 2.05) is 0 Å². The van der Waals surface area contributed by atoms with Crippen LogP contribution in [0.2, 0.25) is 0 Å². The standard InChI is InChI=1S/C10H14N2O3/c1-7(13)12-10-8(5-6-15-11)3-2-4-9(10)14/h2-4,14H,5-6,11H2,1H3,(H,12,13). The summed E-state index contributed by atoms with van der Waals surface area (Å²) in [5, 5.41) is 12.1. The fraction of sp³-hybridized carbons (Fsp3) is 0.300. The molecule has 0 atom stereocenters. The molecule has 1 amide bonds. The summed E-state index contributed by atoms with van der Waals surface area (Å²) >= 11 is 0. The molecule has 0 aromatic heterocycles. The molecule has 0 spiro atoms. The SMILES string of the molecule is CC(=O)Nc1c(O)cccc1CCON. The Hall–Kier alpha value is -1.59. The van der Waals surface area contributed by atoms with Crippen LogP contribution in [0.1, 0.15) is 12.5 Å². The van der Waals surface area contributed by atoms with Crippen LogP contribution in [0.3, 0.4) is 0 Å². The third-order valence-corrected chi connectivity index (χ3v) is 1.92. The summed E-state index contributed by atoms with van der Waals surface area (Å²) in [6.45, 7) is 1.71. The van der Waals surface area contributed by atoms with E-state index in [4.69, 9.17) is 5.90 Å². The molecule has 0 aliphatic heterocycles. The van der Waals surface area contributed by atoms with Crippen molar-refractivity contribution in [2.45, 2.75) is 13.3 Å². The van der Waals surface area contributed by atoms with Crippen LogP contribution < -0.4 is 11.2 Å². The third-order valence-electron chi connectivity index (χ3n) is 1.92. The number of hydrogen-bond donors (Lipinski definition) is 3. The average molecular weight is 210 g/mol. The maximum atomic E-state index is 10.9. The lowest BCUT2D eigenvalue weighted by Gasteiger charge is -2.10. The highest BCUT2D eigenvalue weighted by Gasteiger charge is 2.08. The molecule has 5 heteroatoms. The lowest BCUT2D eigenvalue weighted by molar-refractivity contribution is -0.114. The van der Waals surface area contributed by atoms with Crippen molar-refractivity contribution in [2.75, 3.05) is 11.9 Å². The Morgan fingerprint density at radius 1 is 1.60 bits per heavy atom. The first-order valence-corrected chi connectivity index (χ1v) is 4.55. The number of rotatable bonds is 4. The molecule has 0 saturated carbocycles. The molecule has 1 rings (SSSR count). The molecule has 0 fully saturated rings. The first kappa shape index (κ1) is 11.5. The van der Waals surface area contributed by atoms with E-state index in [1.54, 1.807) is 12.1 Å². The summed E-state index contributed by atoms with van der Waals surface area (Å²) in [7, 11) is 0. The van der Waals surface area contributed by atoms with Crippen molar-refractivity contribution >= 4 is 11.6 Å². The molecule has 4 N–H and O–H groups in total. The molecule has 1 aromatic carbocycles. The average Bonchev–Trinajstić information content (AvgIpc) is 2.18. The highest BCUT2D eigenvalue weighted by molar-refractivity contribution is 5.91. The maximum Gasteiger partial charge on any atom is 0.221 e. The first-order valence-electron chi connectivity index (χ1n) is 4.55. The molecular formula is C10H14N2O3. The van der Waals surface area contributed by atoms with E-state index in [2.05, 4.69) is 10.2 Å². The Morgan fingerprint density at radius 3 is 2.93 bits per heavy atom. The van der Waals surface area contributed by atoms with Crippen molar-refractivity contribution in [2.24, 2.45) is 5.90 Å². The minimum Gasteiger partial charge on any atom is -0.506 e. The van der Waals surface area contributed by atoms with Gasteiger partial charge in [0.15, 0.2) is 0 Å². The number of aromatic hydroxyl groups is 1. The summed E-state index contributed by atoms with van der Waals surface area (Å²) in [5.41, 5.74) is 1.21. The van der Waals surface area contributed by atoms with Gasteiger partial charge in [-0.3, -0.25) is 4.79 Å². The Kier molecular flexibility index (Phi) is 4.08. The topological polar surface area (TPSA) is 84.6 Å². The zero-order valence-corrected chi connectivity index (χ0v) is 8.49. The predicted octanol–water partition coefficient (Wildman–Crippen LogP) is 0.783. The minimum atomic E-state index is -0.230. The number of carbonyl (C=O) groups excluding carboxylic acids is 1. The summed E-state index contributed by atoms with van der Waals surface area (Å²) < 4.78 is 0. The van der Waals surface area contributed by atoms with Crippen molar-refractivity contribution < 1.29 is 14.7 Å². The molecule has 0 bridgehead atoms. The quantitative estimate of drug-likeness (QED) is 0.506. The summed E-state index contributed by atoms with van der Waals surface area (Å²) in [6.07, 6.45) is 0.528. The lowest BCUT2D eigenvalue weighted by atomic mass is 10.1. The second-order valence-corrected chi connectivity index (χ2v) is 3.11. The largest absolute Gasteiger partial charge is 0.506 e. The van der Waals surface area contributed by atoms with Crippen LogP contribution >= 0.6 is 0 Å². The molecular weight excluding hydrogens is 196 g/mol. The van der Waals surface area contributed by atoms with Gasteiger partial charge in [0, 0.05) is 6.92 Å². The van der Waals surface area contributed by atoms with Crippen LogP contribution in [0.5, 0.6) is 5.75 Å². The van der Waals surface area contributed by atoms with Crippen molar-refractivity contribution in [1.82, 2.24) is 0 Å². The highest BCUT2D eigenvalue weighted by Crippen LogP contribution is 2.27. The van der Waals surface area contributed by atoms with Gasteiger partial charge >= 0.3 is 0 Å². The second-order valence-electron chi connectivity index (χ2n) is 3.11. The van der Waals surface area contributed by atoms with Gasteiger partial charge in [0.05, 0.1) is 12.3 Å². The molecule has 0 unspecified atom stereocenters.